The van der Waals surface area contributed by atoms with Crippen molar-refractivity contribution in [3.05, 3.63) is 48.5 Å². The van der Waals surface area contributed by atoms with Gasteiger partial charge in [0, 0.05) is 18.3 Å². The number of rotatable bonds is 4. The second-order valence-electron chi connectivity index (χ2n) is 8.14. The van der Waals surface area contributed by atoms with E-state index >= 15 is 0 Å². The van der Waals surface area contributed by atoms with Crippen molar-refractivity contribution in [3.8, 4) is 11.1 Å². The van der Waals surface area contributed by atoms with E-state index < -0.39 is 0 Å². The van der Waals surface area contributed by atoms with Crippen molar-refractivity contribution < 1.29 is 0 Å². The molecule has 2 heterocycles. The molecule has 0 bridgehead atoms. The topological polar surface area (TPSA) is 41.6 Å². The number of H-pyrrole nitrogens is 1. The van der Waals surface area contributed by atoms with Crippen LogP contribution >= 0.6 is 0 Å². The fourth-order valence-corrected chi connectivity index (χ4v) is 3.27. The molecular weight excluding hydrogens is 294 g/mol. The zero-order chi connectivity index (χ0) is 17.3. The Morgan fingerprint density at radius 1 is 1.00 bits per heavy atom. The van der Waals surface area contributed by atoms with Crippen molar-refractivity contribution in [2.75, 3.05) is 0 Å². The monoisotopic (exact) mass is 321 g/mol. The Kier molecular flexibility index (Phi) is 4.44. The summed E-state index contributed by atoms with van der Waals surface area (Å²) in [6.07, 6.45) is 4.80. The van der Waals surface area contributed by atoms with Crippen LogP contribution in [0.1, 0.15) is 52.8 Å². The van der Waals surface area contributed by atoms with Gasteiger partial charge in [0.1, 0.15) is 5.82 Å². The number of nitrogens with zero attached hydrogens (tertiary/aromatic N) is 2. The van der Waals surface area contributed by atoms with E-state index in [9.17, 15) is 0 Å². The van der Waals surface area contributed by atoms with Gasteiger partial charge in [0.05, 0.1) is 11.0 Å². The molecule has 0 aliphatic heterocycles. The molecule has 0 saturated carbocycles. The van der Waals surface area contributed by atoms with Crippen LogP contribution in [0.4, 0.5) is 0 Å². The van der Waals surface area contributed by atoms with Gasteiger partial charge in [0.25, 0.3) is 0 Å². The van der Waals surface area contributed by atoms with Gasteiger partial charge in [-0.15, -0.1) is 0 Å². The normalized spacial score (nSPS) is 13.6. The van der Waals surface area contributed by atoms with Crippen LogP contribution in [0.15, 0.2) is 42.7 Å². The molecule has 1 aromatic carbocycles. The van der Waals surface area contributed by atoms with Gasteiger partial charge in [-0.1, -0.05) is 40.7 Å². The first-order chi connectivity index (χ1) is 11.3. The van der Waals surface area contributed by atoms with Crippen molar-refractivity contribution in [1.29, 1.82) is 0 Å². The molecule has 0 radical (unpaired) electrons. The summed E-state index contributed by atoms with van der Waals surface area (Å²) in [6, 6.07) is 10.5. The van der Waals surface area contributed by atoms with Crippen LogP contribution in [0.5, 0.6) is 0 Å². The van der Waals surface area contributed by atoms with Crippen LogP contribution < -0.4 is 0 Å². The Labute approximate surface area is 144 Å². The van der Waals surface area contributed by atoms with E-state index in [0.29, 0.717) is 11.8 Å². The van der Waals surface area contributed by atoms with Crippen molar-refractivity contribution in [2.24, 2.45) is 11.3 Å². The number of pyridine rings is 1. The quantitative estimate of drug-likeness (QED) is 0.659. The second kappa shape index (κ2) is 6.39. The second-order valence-corrected chi connectivity index (χ2v) is 8.14. The lowest BCUT2D eigenvalue weighted by Crippen LogP contribution is -2.21. The van der Waals surface area contributed by atoms with Gasteiger partial charge < -0.3 is 4.98 Å². The molecule has 0 saturated heterocycles. The van der Waals surface area contributed by atoms with Gasteiger partial charge in [-0.25, -0.2) is 4.98 Å². The predicted octanol–water partition coefficient (Wildman–Crippen LogP) is 5.80. The lowest BCUT2D eigenvalue weighted by atomic mass is 9.76. The smallest absolute Gasteiger partial charge is 0.110 e. The molecule has 0 aliphatic rings. The highest BCUT2D eigenvalue weighted by Crippen LogP contribution is 2.39. The summed E-state index contributed by atoms with van der Waals surface area (Å²) in [5.41, 5.74) is 4.71. The molecule has 0 amide bonds. The fourth-order valence-electron chi connectivity index (χ4n) is 3.27. The van der Waals surface area contributed by atoms with Crippen molar-refractivity contribution in [1.82, 2.24) is 15.0 Å². The van der Waals surface area contributed by atoms with Crippen LogP contribution in [0.3, 0.4) is 0 Å². The maximum absolute atomic E-state index is 4.90. The van der Waals surface area contributed by atoms with Crippen molar-refractivity contribution in [2.45, 2.75) is 47.0 Å². The lowest BCUT2D eigenvalue weighted by molar-refractivity contribution is 0.271. The summed E-state index contributed by atoms with van der Waals surface area (Å²) in [6.45, 7) is 11.5. The van der Waals surface area contributed by atoms with E-state index in [-0.39, 0.29) is 5.41 Å². The van der Waals surface area contributed by atoms with E-state index in [1.807, 2.05) is 24.5 Å². The number of hydrogen-bond acceptors (Lipinski definition) is 2. The summed E-state index contributed by atoms with van der Waals surface area (Å²) >= 11 is 0. The molecule has 1 N–H and O–H groups in total. The van der Waals surface area contributed by atoms with Gasteiger partial charge in [-0.3, -0.25) is 4.98 Å². The predicted molar refractivity (Wildman–Crippen MR) is 101 cm³/mol. The minimum Gasteiger partial charge on any atom is -0.342 e. The Hall–Kier alpha value is -2.16. The molecule has 3 aromatic rings. The molecule has 3 rings (SSSR count). The molecule has 24 heavy (non-hydrogen) atoms. The van der Waals surface area contributed by atoms with Crippen molar-refractivity contribution >= 4 is 11.0 Å². The minimum absolute atomic E-state index is 0.187. The van der Waals surface area contributed by atoms with Gasteiger partial charge in [0.2, 0.25) is 0 Å². The number of fused-ring (bicyclic) bond motifs is 1. The van der Waals surface area contributed by atoms with Crippen LogP contribution in [-0.4, -0.2) is 15.0 Å². The van der Waals surface area contributed by atoms with Crippen LogP contribution in [0, 0.1) is 11.3 Å². The van der Waals surface area contributed by atoms with Crippen LogP contribution in [0.2, 0.25) is 0 Å². The molecule has 0 spiro atoms. The summed E-state index contributed by atoms with van der Waals surface area (Å²) in [5.74, 6) is 2.18. The third-order valence-corrected chi connectivity index (χ3v) is 4.60. The van der Waals surface area contributed by atoms with Crippen LogP contribution in [-0.2, 0) is 0 Å². The third-order valence-electron chi connectivity index (χ3n) is 4.60. The van der Waals surface area contributed by atoms with E-state index in [0.717, 1.165) is 23.3 Å². The standard InChI is InChI=1S/C21H27N3/c1-14(2)12-17(21(3,4)5)20-23-18-7-6-16(13-19(18)24-20)15-8-10-22-11-9-15/h6-11,13-14,17H,12H2,1-5H3,(H,23,24). The van der Waals surface area contributed by atoms with Crippen LogP contribution in [0.25, 0.3) is 22.2 Å². The van der Waals surface area contributed by atoms with E-state index in [1.165, 1.54) is 11.1 Å². The van der Waals surface area contributed by atoms with E-state index in [2.05, 4.69) is 62.8 Å². The number of aromatic amines is 1. The minimum atomic E-state index is 0.187. The summed E-state index contributed by atoms with van der Waals surface area (Å²) in [4.78, 5) is 12.6. The number of benzene rings is 1. The van der Waals surface area contributed by atoms with E-state index in [1.54, 1.807) is 0 Å². The summed E-state index contributed by atoms with van der Waals surface area (Å²) in [7, 11) is 0. The molecule has 0 fully saturated rings. The highest BCUT2D eigenvalue weighted by molar-refractivity contribution is 5.82. The first kappa shape index (κ1) is 16.7. The highest BCUT2D eigenvalue weighted by Gasteiger charge is 2.29. The van der Waals surface area contributed by atoms with Gasteiger partial charge in [-0.05, 0) is 53.1 Å². The molecule has 1 unspecified atom stereocenters. The zero-order valence-electron chi connectivity index (χ0n) is 15.3. The summed E-state index contributed by atoms with van der Waals surface area (Å²) in [5, 5.41) is 0. The summed E-state index contributed by atoms with van der Waals surface area (Å²) < 4.78 is 0. The lowest BCUT2D eigenvalue weighted by Gasteiger charge is -2.30. The maximum atomic E-state index is 4.90. The molecule has 1 atom stereocenters. The molecular formula is C21H27N3. The first-order valence-corrected chi connectivity index (χ1v) is 8.74. The highest BCUT2D eigenvalue weighted by atomic mass is 14.9. The molecule has 0 aliphatic carbocycles. The third kappa shape index (κ3) is 3.50. The first-order valence-electron chi connectivity index (χ1n) is 8.74. The van der Waals surface area contributed by atoms with Crippen molar-refractivity contribution in [3.63, 3.8) is 0 Å². The van der Waals surface area contributed by atoms with Gasteiger partial charge in [0.15, 0.2) is 0 Å². The average molecular weight is 321 g/mol. The van der Waals surface area contributed by atoms with E-state index in [4.69, 9.17) is 4.98 Å². The average Bonchev–Trinajstić information content (AvgIpc) is 2.94. The molecule has 3 heteroatoms. The fraction of sp³-hybridized carbons (Fsp3) is 0.429. The maximum Gasteiger partial charge on any atom is 0.110 e. The Bertz CT molecular complexity index is 810. The number of hydrogen-bond donors (Lipinski definition) is 1. The largest absolute Gasteiger partial charge is 0.342 e. The molecule has 2 aromatic heterocycles. The molecule has 3 nitrogen and oxygen atoms in total. The van der Waals surface area contributed by atoms with Gasteiger partial charge in [-0.2, -0.15) is 0 Å². The number of aromatic nitrogens is 3. The zero-order valence-corrected chi connectivity index (χ0v) is 15.3. The Balaban J connectivity index is 2.01. The molecule has 126 valence electrons. The number of nitrogens with one attached hydrogen (secondary N) is 1. The van der Waals surface area contributed by atoms with Gasteiger partial charge >= 0.3 is 0 Å². The SMILES string of the molecule is CC(C)CC(c1nc2ccc(-c3ccncc3)cc2[nH]1)C(C)(C)C. The number of imidazole rings is 1. The Morgan fingerprint density at radius 3 is 2.33 bits per heavy atom. The Morgan fingerprint density at radius 2 is 1.71 bits per heavy atom.